The van der Waals surface area contributed by atoms with Crippen LogP contribution in [-0.2, 0) is 11.2 Å². The number of thiocarbonyl (C=S) groups is 1. The van der Waals surface area contributed by atoms with Gasteiger partial charge in [-0.3, -0.25) is 0 Å². The van der Waals surface area contributed by atoms with Gasteiger partial charge in [-0.25, -0.2) is 0 Å². The minimum atomic E-state index is 0.623. The molecule has 0 aromatic heterocycles. The Balaban J connectivity index is 2.25. The molecule has 120 valence electrons. The Morgan fingerprint density at radius 3 is 2.68 bits per heavy atom. The maximum Gasteiger partial charge on any atom is 0.161 e. The van der Waals surface area contributed by atoms with Crippen molar-refractivity contribution < 1.29 is 14.2 Å². The quantitative estimate of drug-likeness (QED) is 0.473. The van der Waals surface area contributed by atoms with Crippen molar-refractivity contribution >= 4 is 22.9 Å². The topological polar surface area (TPSA) is 51.8 Å². The molecular formula is C16H22N2O3S. The van der Waals surface area contributed by atoms with Crippen LogP contribution in [0.1, 0.15) is 11.1 Å². The molecule has 0 spiro atoms. The maximum absolute atomic E-state index is 5.39. The third kappa shape index (κ3) is 3.90. The van der Waals surface area contributed by atoms with Gasteiger partial charge in [0.15, 0.2) is 11.5 Å². The highest BCUT2D eigenvalue weighted by molar-refractivity contribution is 7.80. The molecule has 1 heterocycles. The lowest BCUT2D eigenvalue weighted by atomic mass is 9.97. The van der Waals surface area contributed by atoms with E-state index < -0.39 is 0 Å². The van der Waals surface area contributed by atoms with Crippen LogP contribution in [0.25, 0.3) is 5.70 Å². The van der Waals surface area contributed by atoms with Gasteiger partial charge in [0.05, 0.1) is 20.8 Å². The van der Waals surface area contributed by atoms with Crippen molar-refractivity contribution in [1.29, 1.82) is 0 Å². The highest BCUT2D eigenvalue weighted by Crippen LogP contribution is 2.34. The zero-order chi connectivity index (χ0) is 15.9. The average Bonchev–Trinajstić information content (AvgIpc) is 2.54. The van der Waals surface area contributed by atoms with Crippen LogP contribution in [0.5, 0.6) is 11.5 Å². The van der Waals surface area contributed by atoms with Crippen LogP contribution in [0.4, 0.5) is 0 Å². The Kier molecular flexibility index (Phi) is 6.03. The predicted molar refractivity (Wildman–Crippen MR) is 91.7 cm³/mol. The van der Waals surface area contributed by atoms with Gasteiger partial charge in [-0.1, -0.05) is 12.2 Å². The molecule has 5 nitrogen and oxygen atoms in total. The van der Waals surface area contributed by atoms with Crippen molar-refractivity contribution in [1.82, 2.24) is 10.6 Å². The first-order chi connectivity index (χ1) is 10.7. The maximum atomic E-state index is 5.39. The van der Waals surface area contributed by atoms with Crippen molar-refractivity contribution in [3.8, 4) is 11.5 Å². The Morgan fingerprint density at radius 2 is 2.00 bits per heavy atom. The number of benzene rings is 1. The molecule has 0 bridgehead atoms. The SMILES string of the molecule is COCCNC(=S)/C=C1\NCCc2cc(OC)c(OC)cc21. The lowest BCUT2D eigenvalue weighted by Crippen LogP contribution is -2.27. The second-order valence-corrected chi connectivity index (χ2v) is 5.32. The molecule has 2 N–H and O–H groups in total. The predicted octanol–water partition coefficient (Wildman–Crippen LogP) is 1.75. The van der Waals surface area contributed by atoms with Gasteiger partial charge in [-0.15, -0.1) is 0 Å². The molecule has 0 amide bonds. The normalized spacial score (nSPS) is 15.0. The number of hydrogen-bond donors (Lipinski definition) is 2. The lowest BCUT2D eigenvalue weighted by Gasteiger charge is -2.23. The van der Waals surface area contributed by atoms with Crippen molar-refractivity contribution in [2.45, 2.75) is 6.42 Å². The third-order valence-corrected chi connectivity index (χ3v) is 3.75. The van der Waals surface area contributed by atoms with E-state index in [1.165, 1.54) is 5.56 Å². The number of fused-ring (bicyclic) bond motifs is 1. The highest BCUT2D eigenvalue weighted by Gasteiger charge is 2.18. The summed E-state index contributed by atoms with van der Waals surface area (Å²) < 4.78 is 15.8. The van der Waals surface area contributed by atoms with Crippen LogP contribution >= 0.6 is 12.2 Å². The van der Waals surface area contributed by atoms with Crippen molar-refractivity contribution in [3.05, 3.63) is 29.3 Å². The van der Waals surface area contributed by atoms with Gasteiger partial charge < -0.3 is 24.8 Å². The second-order valence-electron chi connectivity index (χ2n) is 4.88. The van der Waals surface area contributed by atoms with E-state index in [9.17, 15) is 0 Å². The molecule has 2 rings (SSSR count). The highest BCUT2D eigenvalue weighted by atomic mass is 32.1. The fourth-order valence-electron chi connectivity index (χ4n) is 2.39. The molecule has 1 aliphatic heterocycles. The summed E-state index contributed by atoms with van der Waals surface area (Å²) in [6.45, 7) is 2.19. The monoisotopic (exact) mass is 322 g/mol. The van der Waals surface area contributed by atoms with E-state index in [-0.39, 0.29) is 0 Å². The standard InChI is InChI=1S/C16H22N2O3S/c1-19-7-6-18-16(22)10-13-12-9-15(21-3)14(20-2)8-11(12)4-5-17-13/h8-10,17H,4-7H2,1-3H3,(H,18,22)/b13-10-. The Bertz CT molecular complexity index is 573. The lowest BCUT2D eigenvalue weighted by molar-refractivity contribution is 0.204. The van der Waals surface area contributed by atoms with E-state index in [4.69, 9.17) is 26.4 Å². The first-order valence-corrected chi connectivity index (χ1v) is 7.58. The molecule has 0 atom stereocenters. The van der Waals surface area contributed by atoms with Crippen LogP contribution in [0.3, 0.4) is 0 Å². The number of ether oxygens (including phenoxy) is 3. The summed E-state index contributed by atoms with van der Waals surface area (Å²) in [6, 6.07) is 4.02. The summed E-state index contributed by atoms with van der Waals surface area (Å²) in [6.07, 6.45) is 2.88. The summed E-state index contributed by atoms with van der Waals surface area (Å²) in [5.74, 6) is 1.47. The van der Waals surface area contributed by atoms with Gasteiger partial charge in [0.2, 0.25) is 0 Å². The Labute approximate surface area is 136 Å². The Morgan fingerprint density at radius 1 is 1.27 bits per heavy atom. The third-order valence-electron chi connectivity index (χ3n) is 3.49. The van der Waals surface area contributed by atoms with Gasteiger partial charge in [-0.05, 0) is 30.2 Å². The van der Waals surface area contributed by atoms with E-state index in [2.05, 4.69) is 10.6 Å². The van der Waals surface area contributed by atoms with Crippen LogP contribution in [-0.4, -0.2) is 46.0 Å². The summed E-state index contributed by atoms with van der Waals surface area (Å²) in [5, 5.41) is 6.54. The van der Waals surface area contributed by atoms with Crippen molar-refractivity contribution in [2.75, 3.05) is 41.0 Å². The first-order valence-electron chi connectivity index (χ1n) is 7.17. The van der Waals surface area contributed by atoms with Gasteiger partial charge in [0.1, 0.15) is 4.99 Å². The molecule has 0 saturated heterocycles. The van der Waals surface area contributed by atoms with E-state index in [0.29, 0.717) is 23.9 Å². The van der Waals surface area contributed by atoms with Gasteiger partial charge in [0.25, 0.3) is 0 Å². The summed E-state index contributed by atoms with van der Waals surface area (Å²) in [5.41, 5.74) is 3.32. The molecule has 22 heavy (non-hydrogen) atoms. The van der Waals surface area contributed by atoms with Crippen molar-refractivity contribution in [3.63, 3.8) is 0 Å². The number of rotatable bonds is 6. The van der Waals surface area contributed by atoms with Gasteiger partial charge in [0, 0.05) is 31.5 Å². The summed E-state index contributed by atoms with van der Waals surface area (Å²) in [7, 11) is 4.96. The summed E-state index contributed by atoms with van der Waals surface area (Å²) in [4.78, 5) is 0.683. The molecule has 1 aromatic carbocycles. The van der Waals surface area contributed by atoms with E-state index in [0.717, 1.165) is 30.0 Å². The van der Waals surface area contributed by atoms with Gasteiger partial charge >= 0.3 is 0 Å². The fourth-order valence-corrected chi connectivity index (χ4v) is 2.61. The molecule has 0 saturated carbocycles. The van der Waals surface area contributed by atoms with Crippen LogP contribution in [0.15, 0.2) is 18.2 Å². The van der Waals surface area contributed by atoms with Crippen LogP contribution in [0, 0.1) is 0 Å². The van der Waals surface area contributed by atoms with Crippen LogP contribution in [0.2, 0.25) is 0 Å². The molecule has 0 radical (unpaired) electrons. The Hall–Kier alpha value is -1.79. The fraction of sp³-hybridized carbons (Fsp3) is 0.438. The molecule has 1 aliphatic rings. The minimum Gasteiger partial charge on any atom is -0.493 e. The molecule has 0 fully saturated rings. The smallest absolute Gasteiger partial charge is 0.161 e. The zero-order valence-corrected chi connectivity index (χ0v) is 14.0. The van der Waals surface area contributed by atoms with E-state index >= 15 is 0 Å². The second kappa shape index (κ2) is 8.00. The van der Waals surface area contributed by atoms with Crippen molar-refractivity contribution in [2.24, 2.45) is 0 Å². The largest absolute Gasteiger partial charge is 0.493 e. The van der Waals surface area contributed by atoms with E-state index in [1.54, 1.807) is 21.3 Å². The first kappa shape index (κ1) is 16.6. The molecule has 1 aromatic rings. The average molecular weight is 322 g/mol. The van der Waals surface area contributed by atoms with E-state index in [1.807, 2.05) is 18.2 Å². The number of methoxy groups -OCH3 is 3. The zero-order valence-electron chi connectivity index (χ0n) is 13.2. The molecule has 0 aliphatic carbocycles. The van der Waals surface area contributed by atoms with Crippen LogP contribution < -0.4 is 20.1 Å². The molecular weight excluding hydrogens is 300 g/mol. The summed E-state index contributed by atoms with van der Waals surface area (Å²) >= 11 is 5.35. The molecule has 6 heteroatoms. The minimum absolute atomic E-state index is 0.623. The number of nitrogens with one attached hydrogen (secondary N) is 2. The number of hydrogen-bond acceptors (Lipinski definition) is 5. The van der Waals surface area contributed by atoms with Gasteiger partial charge in [-0.2, -0.15) is 0 Å². The molecule has 0 unspecified atom stereocenters.